The van der Waals surface area contributed by atoms with E-state index < -0.39 is 12.1 Å². The van der Waals surface area contributed by atoms with Gasteiger partial charge < -0.3 is 9.84 Å². The molecule has 1 rings (SSSR count). The normalized spacial score (nSPS) is 14.3. The number of aliphatic hydroxyl groups is 1. The van der Waals surface area contributed by atoms with E-state index in [2.05, 4.69) is 4.98 Å². The third-order valence-electron chi connectivity index (χ3n) is 2.21. The molecule has 2 atom stereocenters. The molecule has 1 aromatic heterocycles. The average Bonchev–Trinajstić information content (AvgIpc) is 2.28. The first-order valence-corrected chi connectivity index (χ1v) is 4.91. The molecule has 1 heterocycles. The van der Waals surface area contributed by atoms with Gasteiger partial charge in [0.25, 0.3) is 0 Å². The van der Waals surface area contributed by atoms with E-state index in [-0.39, 0.29) is 12.5 Å². The minimum atomic E-state index is -1.13. The number of ether oxygens (including phenoxy) is 1. The topological polar surface area (TPSA) is 59.4 Å². The van der Waals surface area contributed by atoms with Crippen molar-refractivity contribution in [1.82, 2.24) is 4.98 Å². The van der Waals surface area contributed by atoms with Crippen LogP contribution >= 0.6 is 0 Å². The number of aliphatic hydroxyl groups excluding tert-OH is 1. The molecule has 1 aromatic rings. The van der Waals surface area contributed by atoms with Gasteiger partial charge >= 0.3 is 5.97 Å². The summed E-state index contributed by atoms with van der Waals surface area (Å²) in [6.07, 6.45) is 2.15. The van der Waals surface area contributed by atoms with Gasteiger partial charge in [-0.15, -0.1) is 0 Å². The van der Waals surface area contributed by atoms with Crippen LogP contribution in [0.3, 0.4) is 0 Å². The van der Waals surface area contributed by atoms with Crippen LogP contribution in [0.25, 0.3) is 0 Å². The molecule has 82 valence electrons. The molecular weight excluding hydrogens is 194 g/mol. The molecular formula is C11H15NO3. The van der Waals surface area contributed by atoms with E-state index >= 15 is 0 Å². The maximum Gasteiger partial charge on any atom is 0.335 e. The molecule has 4 heteroatoms. The lowest BCUT2D eigenvalue weighted by Gasteiger charge is -2.16. The van der Waals surface area contributed by atoms with Crippen LogP contribution in [-0.4, -0.2) is 28.8 Å². The number of rotatable bonds is 4. The van der Waals surface area contributed by atoms with Gasteiger partial charge in [0.2, 0.25) is 0 Å². The van der Waals surface area contributed by atoms with Crippen LogP contribution in [0.15, 0.2) is 24.5 Å². The van der Waals surface area contributed by atoms with Crippen molar-refractivity contribution in [2.75, 3.05) is 6.61 Å². The molecule has 0 unspecified atom stereocenters. The van der Waals surface area contributed by atoms with Crippen LogP contribution in [0.5, 0.6) is 0 Å². The number of nitrogens with zero attached hydrogens (tertiary/aromatic N) is 1. The van der Waals surface area contributed by atoms with Gasteiger partial charge in [-0.1, -0.05) is 13.0 Å². The third-order valence-corrected chi connectivity index (χ3v) is 2.21. The number of esters is 1. The summed E-state index contributed by atoms with van der Waals surface area (Å²) in [5.41, 5.74) is 0.818. The first-order chi connectivity index (χ1) is 7.16. The number of carbonyl (C=O) groups is 1. The highest BCUT2D eigenvalue weighted by Gasteiger charge is 2.24. The maximum absolute atomic E-state index is 11.3. The van der Waals surface area contributed by atoms with Gasteiger partial charge in [-0.05, 0) is 18.6 Å². The van der Waals surface area contributed by atoms with Gasteiger partial charge in [-0.3, -0.25) is 4.98 Å². The van der Waals surface area contributed by atoms with Gasteiger partial charge in [-0.2, -0.15) is 0 Å². The Labute approximate surface area is 88.9 Å². The Morgan fingerprint density at radius 3 is 2.93 bits per heavy atom. The zero-order valence-corrected chi connectivity index (χ0v) is 8.88. The van der Waals surface area contributed by atoms with Gasteiger partial charge in [0, 0.05) is 18.3 Å². The van der Waals surface area contributed by atoms with Gasteiger partial charge in [-0.25, -0.2) is 4.79 Å². The second kappa shape index (κ2) is 5.46. The molecule has 15 heavy (non-hydrogen) atoms. The Bertz CT molecular complexity index is 313. The van der Waals surface area contributed by atoms with Crippen LogP contribution in [0.2, 0.25) is 0 Å². The minimum Gasteiger partial charge on any atom is -0.464 e. The second-order valence-corrected chi connectivity index (χ2v) is 3.27. The van der Waals surface area contributed by atoms with Gasteiger partial charge in [0.1, 0.15) is 0 Å². The molecule has 0 amide bonds. The quantitative estimate of drug-likeness (QED) is 0.754. The van der Waals surface area contributed by atoms with Crippen LogP contribution in [0.4, 0.5) is 0 Å². The van der Waals surface area contributed by atoms with E-state index in [9.17, 15) is 9.90 Å². The van der Waals surface area contributed by atoms with Crippen LogP contribution in [-0.2, 0) is 9.53 Å². The summed E-state index contributed by atoms with van der Waals surface area (Å²) in [4.78, 5) is 15.2. The number of pyridine rings is 1. The van der Waals surface area contributed by atoms with E-state index in [4.69, 9.17) is 4.74 Å². The van der Waals surface area contributed by atoms with E-state index in [0.29, 0.717) is 0 Å². The van der Waals surface area contributed by atoms with Crippen molar-refractivity contribution in [3.8, 4) is 0 Å². The maximum atomic E-state index is 11.3. The molecule has 0 saturated heterocycles. The molecule has 0 aliphatic heterocycles. The van der Waals surface area contributed by atoms with Gasteiger partial charge in [0.15, 0.2) is 6.10 Å². The van der Waals surface area contributed by atoms with E-state index in [1.807, 2.05) is 6.07 Å². The Hall–Kier alpha value is -1.42. The monoisotopic (exact) mass is 209 g/mol. The number of aromatic nitrogens is 1. The lowest BCUT2D eigenvalue weighted by molar-refractivity contribution is -0.154. The minimum absolute atomic E-state index is 0.273. The number of hydrogen-bond donors (Lipinski definition) is 1. The van der Waals surface area contributed by atoms with Crippen LogP contribution in [0.1, 0.15) is 25.3 Å². The van der Waals surface area contributed by atoms with Crippen molar-refractivity contribution in [2.24, 2.45) is 0 Å². The highest BCUT2D eigenvalue weighted by Crippen LogP contribution is 2.18. The summed E-state index contributed by atoms with van der Waals surface area (Å²) in [6.45, 7) is 3.74. The first kappa shape index (κ1) is 11.7. The molecule has 0 aliphatic carbocycles. The van der Waals surface area contributed by atoms with Crippen LogP contribution < -0.4 is 0 Å². The standard InChI is InChI=1S/C11H15NO3/c1-3-15-11(14)10(13)8(2)9-5-4-6-12-7-9/h4-8,10,13H,3H2,1-2H3/t8-,10-/m1/s1. The van der Waals surface area contributed by atoms with Crippen molar-refractivity contribution < 1.29 is 14.6 Å². The second-order valence-electron chi connectivity index (χ2n) is 3.27. The summed E-state index contributed by atoms with van der Waals surface area (Å²) >= 11 is 0. The van der Waals surface area contributed by atoms with Crippen molar-refractivity contribution in [1.29, 1.82) is 0 Å². The summed E-state index contributed by atoms with van der Waals surface area (Å²) in [6, 6.07) is 3.59. The van der Waals surface area contributed by atoms with E-state index in [0.717, 1.165) is 5.56 Å². The van der Waals surface area contributed by atoms with Crippen molar-refractivity contribution in [3.05, 3.63) is 30.1 Å². The highest BCUT2D eigenvalue weighted by molar-refractivity contribution is 5.75. The summed E-state index contributed by atoms with van der Waals surface area (Å²) < 4.78 is 4.74. The fourth-order valence-electron chi connectivity index (χ4n) is 1.26. The summed E-state index contributed by atoms with van der Waals surface area (Å²) in [7, 11) is 0. The third kappa shape index (κ3) is 3.02. The molecule has 0 spiro atoms. The SMILES string of the molecule is CCOC(=O)[C@H](O)[C@H](C)c1cccnc1. The molecule has 0 aliphatic rings. The molecule has 0 bridgehead atoms. The lowest BCUT2D eigenvalue weighted by atomic mass is 9.97. The molecule has 0 fully saturated rings. The molecule has 0 aromatic carbocycles. The summed E-state index contributed by atoms with van der Waals surface area (Å²) in [5, 5.41) is 9.67. The molecule has 1 N–H and O–H groups in total. The number of carbonyl (C=O) groups excluding carboxylic acids is 1. The zero-order valence-electron chi connectivity index (χ0n) is 8.88. The average molecular weight is 209 g/mol. The highest BCUT2D eigenvalue weighted by atomic mass is 16.5. The smallest absolute Gasteiger partial charge is 0.335 e. The number of hydrogen-bond acceptors (Lipinski definition) is 4. The predicted molar refractivity (Wildman–Crippen MR) is 55.3 cm³/mol. The molecule has 4 nitrogen and oxygen atoms in total. The lowest BCUT2D eigenvalue weighted by Crippen LogP contribution is -2.28. The fourth-order valence-corrected chi connectivity index (χ4v) is 1.26. The van der Waals surface area contributed by atoms with Crippen molar-refractivity contribution >= 4 is 5.97 Å². The molecule has 0 saturated carbocycles. The zero-order chi connectivity index (χ0) is 11.3. The Kier molecular flexibility index (Phi) is 4.24. The van der Waals surface area contributed by atoms with Gasteiger partial charge in [0.05, 0.1) is 6.61 Å². The fraction of sp³-hybridized carbons (Fsp3) is 0.455. The molecule has 0 radical (unpaired) electrons. The van der Waals surface area contributed by atoms with E-state index in [1.165, 1.54) is 0 Å². The van der Waals surface area contributed by atoms with Crippen molar-refractivity contribution in [3.63, 3.8) is 0 Å². The van der Waals surface area contributed by atoms with Crippen LogP contribution in [0, 0.1) is 0 Å². The largest absolute Gasteiger partial charge is 0.464 e. The first-order valence-electron chi connectivity index (χ1n) is 4.91. The van der Waals surface area contributed by atoms with E-state index in [1.54, 1.807) is 32.3 Å². The predicted octanol–water partition coefficient (Wildman–Crippen LogP) is 1.11. The summed E-state index contributed by atoms with van der Waals surface area (Å²) in [5.74, 6) is -0.897. The Balaban J connectivity index is 2.68. The van der Waals surface area contributed by atoms with Crippen molar-refractivity contribution in [2.45, 2.75) is 25.9 Å². The Morgan fingerprint density at radius 2 is 2.40 bits per heavy atom. The Morgan fingerprint density at radius 1 is 1.67 bits per heavy atom.